The van der Waals surface area contributed by atoms with Gasteiger partial charge in [-0.25, -0.2) is 4.39 Å². The second-order valence-corrected chi connectivity index (χ2v) is 2.44. The van der Waals surface area contributed by atoms with Crippen LogP contribution in [0, 0.1) is 11.9 Å². The summed E-state index contributed by atoms with van der Waals surface area (Å²) < 4.78 is 12.8. The van der Waals surface area contributed by atoms with E-state index in [1.165, 1.54) is 12.1 Å². The summed E-state index contributed by atoms with van der Waals surface area (Å²) in [5.41, 5.74) is 5.53. The Labute approximate surface area is 60.8 Å². The molecule has 2 N–H and O–H groups in total. The molecule has 9 heavy (non-hydrogen) atoms. The molecule has 1 radical (unpaired) electrons. The summed E-state index contributed by atoms with van der Waals surface area (Å²) in [6, 6.07) is 5.29. The van der Waals surface area contributed by atoms with Crippen molar-refractivity contribution >= 4 is 21.6 Å². The van der Waals surface area contributed by atoms with Crippen molar-refractivity contribution in [2.75, 3.05) is 5.73 Å². The summed E-state index contributed by atoms with van der Waals surface area (Å²) in [5.74, 6) is -0.355. The Balaban J connectivity index is 3.17. The number of nitrogens with two attached hydrogens (primary N) is 1. The van der Waals surface area contributed by atoms with E-state index in [0.29, 0.717) is 10.2 Å². The predicted octanol–water partition coefficient (Wildman–Crippen LogP) is 1.97. The number of halogens is 2. The zero-order chi connectivity index (χ0) is 6.85. The van der Waals surface area contributed by atoms with E-state index in [0.717, 1.165) is 0 Å². The molecule has 1 rings (SSSR count). The van der Waals surface area contributed by atoms with Crippen LogP contribution in [0.3, 0.4) is 0 Å². The lowest BCUT2D eigenvalue weighted by molar-refractivity contribution is 0.622. The van der Waals surface area contributed by atoms with Gasteiger partial charge in [0.2, 0.25) is 0 Å². The Morgan fingerprint density at radius 2 is 2.33 bits per heavy atom. The maximum absolute atomic E-state index is 12.4. The Morgan fingerprint density at radius 1 is 1.67 bits per heavy atom. The van der Waals surface area contributed by atoms with Crippen LogP contribution in [0.2, 0.25) is 0 Å². The largest absolute Gasteiger partial charge is 0.398 e. The van der Waals surface area contributed by atoms with Gasteiger partial charge in [0.1, 0.15) is 5.82 Å². The van der Waals surface area contributed by atoms with Crippen LogP contribution in [0.1, 0.15) is 0 Å². The second kappa shape index (κ2) is 2.35. The first-order valence-corrected chi connectivity index (χ1v) is 3.11. The highest BCUT2D eigenvalue weighted by atomic mass is 79.9. The molecule has 0 saturated heterocycles. The van der Waals surface area contributed by atoms with Crippen LogP contribution < -0.4 is 5.73 Å². The van der Waals surface area contributed by atoms with Gasteiger partial charge in [-0.05, 0) is 28.1 Å². The molecule has 0 aliphatic carbocycles. The first-order valence-electron chi connectivity index (χ1n) is 2.32. The number of benzene rings is 1. The van der Waals surface area contributed by atoms with Gasteiger partial charge in [-0.3, -0.25) is 0 Å². The third kappa shape index (κ3) is 1.42. The Kier molecular flexibility index (Phi) is 1.71. The van der Waals surface area contributed by atoms with Crippen molar-refractivity contribution in [3.8, 4) is 0 Å². The summed E-state index contributed by atoms with van der Waals surface area (Å²) in [6.45, 7) is 0. The Bertz CT molecular complexity index is 224. The molecule has 1 nitrogen and oxygen atoms in total. The molecular weight excluding hydrogens is 185 g/mol. The van der Waals surface area contributed by atoms with Gasteiger partial charge in [-0.15, -0.1) is 0 Å². The number of rotatable bonds is 0. The van der Waals surface area contributed by atoms with Crippen molar-refractivity contribution < 1.29 is 4.39 Å². The van der Waals surface area contributed by atoms with Crippen molar-refractivity contribution in [3.05, 3.63) is 28.5 Å². The molecule has 0 fully saturated rings. The Hall–Kier alpha value is -0.570. The van der Waals surface area contributed by atoms with Gasteiger partial charge in [0.15, 0.2) is 0 Å². The molecule has 0 heterocycles. The maximum Gasteiger partial charge on any atom is 0.139 e. The monoisotopic (exact) mass is 188 g/mol. The van der Waals surface area contributed by atoms with Crippen LogP contribution in [0.25, 0.3) is 0 Å². The first kappa shape index (κ1) is 6.55. The quantitative estimate of drug-likeness (QED) is 0.620. The fourth-order valence-electron chi connectivity index (χ4n) is 0.463. The average molecular weight is 189 g/mol. The van der Waals surface area contributed by atoms with E-state index in [2.05, 4.69) is 22.0 Å². The van der Waals surface area contributed by atoms with Gasteiger partial charge >= 0.3 is 0 Å². The Morgan fingerprint density at radius 3 is 2.78 bits per heavy atom. The van der Waals surface area contributed by atoms with Crippen molar-refractivity contribution in [1.82, 2.24) is 0 Å². The number of nitrogen functional groups attached to an aromatic ring is 1. The maximum atomic E-state index is 12.4. The van der Waals surface area contributed by atoms with Gasteiger partial charge in [-0.2, -0.15) is 0 Å². The standard InChI is InChI=1S/C6H4BrFN/c7-5-2-1-4(9)3-6(5)8/h2-3H,9H2. The van der Waals surface area contributed by atoms with E-state index < -0.39 is 0 Å². The van der Waals surface area contributed by atoms with Crippen molar-refractivity contribution in [1.29, 1.82) is 0 Å². The molecule has 1 aromatic carbocycles. The molecule has 0 aliphatic heterocycles. The molecule has 0 aromatic heterocycles. The molecule has 0 aliphatic rings. The summed E-state index contributed by atoms with van der Waals surface area (Å²) in [6.07, 6.45) is 0. The van der Waals surface area contributed by atoms with Crippen LogP contribution in [-0.4, -0.2) is 0 Å². The zero-order valence-corrected chi connectivity index (χ0v) is 6.07. The molecular formula is C6H4BrFN. The van der Waals surface area contributed by atoms with E-state index in [1.807, 2.05) is 0 Å². The molecule has 0 amide bonds. The third-order valence-corrected chi connectivity index (χ3v) is 1.48. The van der Waals surface area contributed by atoms with Crippen molar-refractivity contribution in [2.45, 2.75) is 0 Å². The SMILES string of the molecule is Nc1[c]cc(Br)c(F)c1. The predicted molar refractivity (Wildman–Crippen MR) is 37.3 cm³/mol. The average Bonchev–Trinajstić information content (AvgIpc) is 1.80. The van der Waals surface area contributed by atoms with E-state index in [9.17, 15) is 4.39 Å². The third-order valence-electron chi connectivity index (χ3n) is 0.876. The summed E-state index contributed by atoms with van der Waals surface area (Å²) in [7, 11) is 0. The van der Waals surface area contributed by atoms with Crippen LogP contribution in [-0.2, 0) is 0 Å². The second-order valence-electron chi connectivity index (χ2n) is 1.58. The first-order chi connectivity index (χ1) is 4.20. The summed E-state index contributed by atoms with van der Waals surface area (Å²) >= 11 is 2.97. The summed E-state index contributed by atoms with van der Waals surface area (Å²) in [5, 5.41) is 0. The molecule has 0 bridgehead atoms. The van der Waals surface area contributed by atoms with E-state index in [4.69, 9.17) is 5.73 Å². The van der Waals surface area contributed by atoms with E-state index in [1.54, 1.807) is 0 Å². The highest BCUT2D eigenvalue weighted by molar-refractivity contribution is 9.10. The van der Waals surface area contributed by atoms with Gasteiger partial charge in [0.25, 0.3) is 0 Å². The molecule has 1 aromatic rings. The van der Waals surface area contributed by atoms with Crippen LogP contribution >= 0.6 is 15.9 Å². The highest BCUT2D eigenvalue weighted by Crippen LogP contribution is 2.16. The van der Waals surface area contributed by atoms with E-state index >= 15 is 0 Å². The number of anilines is 1. The lowest BCUT2D eigenvalue weighted by Crippen LogP contribution is -1.85. The lowest BCUT2D eigenvalue weighted by atomic mass is 10.3. The molecule has 0 spiro atoms. The molecule has 0 atom stereocenters. The smallest absolute Gasteiger partial charge is 0.139 e. The highest BCUT2D eigenvalue weighted by Gasteiger charge is 1.96. The van der Waals surface area contributed by atoms with Crippen LogP contribution in [0.4, 0.5) is 10.1 Å². The van der Waals surface area contributed by atoms with Crippen molar-refractivity contribution in [2.24, 2.45) is 0 Å². The van der Waals surface area contributed by atoms with Gasteiger partial charge in [0, 0.05) is 11.8 Å². The molecule has 0 unspecified atom stereocenters. The van der Waals surface area contributed by atoms with E-state index in [-0.39, 0.29) is 5.82 Å². The van der Waals surface area contributed by atoms with Gasteiger partial charge in [0.05, 0.1) is 4.47 Å². The molecule has 47 valence electrons. The number of hydrogen-bond acceptors (Lipinski definition) is 1. The zero-order valence-electron chi connectivity index (χ0n) is 4.49. The van der Waals surface area contributed by atoms with Crippen LogP contribution in [0.15, 0.2) is 16.6 Å². The van der Waals surface area contributed by atoms with Gasteiger partial charge in [-0.1, -0.05) is 0 Å². The summed E-state index contributed by atoms with van der Waals surface area (Å²) in [4.78, 5) is 0. The number of hydrogen-bond donors (Lipinski definition) is 1. The lowest BCUT2D eigenvalue weighted by Gasteiger charge is -1.92. The molecule has 0 saturated carbocycles. The molecule has 3 heteroatoms. The van der Waals surface area contributed by atoms with Crippen LogP contribution in [0.5, 0.6) is 0 Å². The van der Waals surface area contributed by atoms with Gasteiger partial charge < -0.3 is 5.73 Å². The normalized spacial score (nSPS) is 9.56. The minimum absolute atomic E-state index is 0.315. The minimum Gasteiger partial charge on any atom is -0.398 e. The minimum atomic E-state index is -0.355. The fraction of sp³-hybridized carbons (Fsp3) is 0. The van der Waals surface area contributed by atoms with Crippen molar-refractivity contribution in [3.63, 3.8) is 0 Å². The fourth-order valence-corrected chi connectivity index (χ4v) is 0.692. The topological polar surface area (TPSA) is 26.0 Å².